The monoisotopic (exact) mass is 318 g/mol. The second-order valence-electron chi connectivity index (χ2n) is 5.31. The van der Waals surface area contributed by atoms with E-state index < -0.39 is 11.6 Å². The van der Waals surface area contributed by atoms with Gasteiger partial charge in [0.1, 0.15) is 23.1 Å². The quantitative estimate of drug-likeness (QED) is 0.941. The number of halogens is 2. The number of nitrogens with one attached hydrogen (secondary N) is 1. The highest BCUT2D eigenvalue weighted by atomic mass is 19.1. The lowest BCUT2D eigenvalue weighted by Gasteiger charge is -2.22. The number of aromatic nitrogens is 2. The molecule has 0 atom stereocenters. The molecule has 1 aliphatic heterocycles. The highest BCUT2D eigenvalue weighted by Crippen LogP contribution is 2.15. The van der Waals surface area contributed by atoms with Gasteiger partial charge in [0.2, 0.25) is 0 Å². The predicted molar refractivity (Wildman–Crippen MR) is 83.1 cm³/mol. The smallest absolute Gasteiger partial charge is 0.272 e. The number of carbonyl (C=O) groups excluding carboxylic acids is 1. The van der Waals surface area contributed by atoms with Crippen molar-refractivity contribution in [2.75, 3.05) is 25.5 Å². The molecule has 7 heteroatoms. The second kappa shape index (κ2) is 6.20. The zero-order valence-electron chi connectivity index (χ0n) is 12.6. The molecule has 0 bridgehead atoms. The Morgan fingerprint density at radius 2 is 2.13 bits per heavy atom. The van der Waals surface area contributed by atoms with Crippen LogP contribution in [0.2, 0.25) is 0 Å². The van der Waals surface area contributed by atoms with Gasteiger partial charge in [-0.25, -0.2) is 8.78 Å². The van der Waals surface area contributed by atoms with Crippen LogP contribution in [0.3, 0.4) is 0 Å². The minimum absolute atomic E-state index is 0.0549. The fourth-order valence-corrected chi connectivity index (χ4v) is 2.37. The standard InChI is InChI=1S/C16H16F2N4O/c1-21-7-8-22-14(16(21)23)10-15(20-22)19-6-2-3-11-4-5-12(17)9-13(11)18/h2-5,9-10H,6-8H2,1H3,(H,19,20)/b3-2+. The molecule has 0 unspecified atom stereocenters. The summed E-state index contributed by atoms with van der Waals surface area (Å²) >= 11 is 0. The number of likely N-dealkylation sites (N-methyl/N-ethyl adjacent to an activating group) is 1. The average molecular weight is 318 g/mol. The molecule has 1 aromatic heterocycles. The molecule has 0 radical (unpaired) electrons. The van der Waals surface area contributed by atoms with Crippen LogP contribution < -0.4 is 5.32 Å². The molecule has 1 aliphatic rings. The van der Waals surface area contributed by atoms with Crippen molar-refractivity contribution in [3.8, 4) is 0 Å². The van der Waals surface area contributed by atoms with Gasteiger partial charge in [0, 0.05) is 37.8 Å². The van der Waals surface area contributed by atoms with Gasteiger partial charge in [-0.3, -0.25) is 9.48 Å². The maximum absolute atomic E-state index is 13.5. The van der Waals surface area contributed by atoms with Gasteiger partial charge in [-0.15, -0.1) is 0 Å². The SMILES string of the molecule is CN1CCn2nc(NC/C=C/c3ccc(F)cc3F)cc2C1=O. The minimum atomic E-state index is -0.604. The summed E-state index contributed by atoms with van der Waals surface area (Å²) in [6.07, 6.45) is 3.28. The van der Waals surface area contributed by atoms with E-state index in [-0.39, 0.29) is 5.91 Å². The zero-order chi connectivity index (χ0) is 16.4. The van der Waals surface area contributed by atoms with E-state index in [0.29, 0.717) is 36.7 Å². The third-order valence-electron chi connectivity index (χ3n) is 3.65. The van der Waals surface area contributed by atoms with E-state index in [9.17, 15) is 13.6 Å². The Morgan fingerprint density at radius 3 is 2.91 bits per heavy atom. The van der Waals surface area contributed by atoms with Crippen molar-refractivity contribution in [1.82, 2.24) is 14.7 Å². The van der Waals surface area contributed by atoms with Crippen LogP contribution in [0.15, 0.2) is 30.3 Å². The fraction of sp³-hybridized carbons (Fsp3) is 0.250. The van der Waals surface area contributed by atoms with Crippen molar-refractivity contribution in [1.29, 1.82) is 0 Å². The van der Waals surface area contributed by atoms with Crippen molar-refractivity contribution in [2.45, 2.75) is 6.54 Å². The van der Waals surface area contributed by atoms with E-state index >= 15 is 0 Å². The number of amides is 1. The average Bonchev–Trinajstić information content (AvgIpc) is 2.93. The maximum atomic E-state index is 13.5. The molecule has 23 heavy (non-hydrogen) atoms. The number of hydrogen-bond donors (Lipinski definition) is 1. The molecule has 0 saturated heterocycles. The van der Waals surface area contributed by atoms with E-state index in [1.54, 1.807) is 34.8 Å². The second-order valence-corrected chi connectivity index (χ2v) is 5.31. The molecule has 2 heterocycles. The van der Waals surface area contributed by atoms with E-state index in [2.05, 4.69) is 10.4 Å². The van der Waals surface area contributed by atoms with Gasteiger partial charge in [-0.1, -0.05) is 12.2 Å². The summed E-state index contributed by atoms with van der Waals surface area (Å²) in [6.45, 7) is 1.71. The summed E-state index contributed by atoms with van der Waals surface area (Å²) in [5.41, 5.74) is 0.865. The van der Waals surface area contributed by atoms with Crippen LogP contribution in [0.4, 0.5) is 14.6 Å². The molecule has 0 spiro atoms. The Kier molecular flexibility index (Phi) is 4.10. The largest absolute Gasteiger partial charge is 0.365 e. The first-order valence-corrected chi connectivity index (χ1v) is 7.23. The molecule has 1 aromatic carbocycles. The third-order valence-corrected chi connectivity index (χ3v) is 3.65. The van der Waals surface area contributed by atoms with E-state index in [0.717, 1.165) is 6.07 Å². The number of rotatable bonds is 4. The van der Waals surface area contributed by atoms with Crippen molar-refractivity contribution in [2.24, 2.45) is 0 Å². The maximum Gasteiger partial charge on any atom is 0.272 e. The van der Waals surface area contributed by atoms with Crippen LogP contribution >= 0.6 is 0 Å². The lowest BCUT2D eigenvalue weighted by atomic mass is 10.2. The van der Waals surface area contributed by atoms with Crippen molar-refractivity contribution >= 4 is 17.8 Å². The number of carbonyl (C=O) groups is 1. The number of nitrogens with zero attached hydrogens (tertiary/aromatic N) is 3. The molecular formula is C16H16F2N4O. The molecule has 0 aliphatic carbocycles. The van der Waals surface area contributed by atoms with Crippen LogP contribution in [-0.4, -0.2) is 40.7 Å². The summed E-state index contributed by atoms with van der Waals surface area (Å²) in [5.74, 6) is -0.669. The Hall–Kier alpha value is -2.70. The topological polar surface area (TPSA) is 50.2 Å². The molecular weight excluding hydrogens is 302 g/mol. The lowest BCUT2D eigenvalue weighted by molar-refractivity contribution is 0.0743. The van der Waals surface area contributed by atoms with Crippen LogP contribution in [0, 0.1) is 11.6 Å². The Labute approximate surface area is 132 Å². The Balaban J connectivity index is 1.62. The number of benzene rings is 1. The van der Waals surface area contributed by atoms with Gasteiger partial charge in [0.25, 0.3) is 5.91 Å². The van der Waals surface area contributed by atoms with E-state index in [4.69, 9.17) is 0 Å². The molecule has 2 aromatic rings. The minimum Gasteiger partial charge on any atom is -0.365 e. The summed E-state index contributed by atoms with van der Waals surface area (Å²) < 4.78 is 28.0. The molecule has 3 rings (SSSR count). The van der Waals surface area contributed by atoms with E-state index in [1.165, 1.54) is 12.1 Å². The number of anilines is 1. The molecule has 1 N–H and O–H groups in total. The van der Waals surface area contributed by atoms with Crippen LogP contribution in [-0.2, 0) is 6.54 Å². The molecule has 1 amide bonds. The summed E-state index contributed by atoms with van der Waals surface area (Å²) in [6, 6.07) is 5.13. The third kappa shape index (κ3) is 3.23. The van der Waals surface area contributed by atoms with Gasteiger partial charge in [0.05, 0.1) is 6.54 Å². The number of fused-ring (bicyclic) bond motifs is 1. The molecule has 5 nitrogen and oxygen atoms in total. The first-order chi connectivity index (χ1) is 11.0. The summed E-state index contributed by atoms with van der Waals surface area (Å²) in [4.78, 5) is 13.6. The number of hydrogen-bond acceptors (Lipinski definition) is 3. The molecule has 120 valence electrons. The van der Waals surface area contributed by atoms with Gasteiger partial charge >= 0.3 is 0 Å². The van der Waals surface area contributed by atoms with Crippen molar-refractivity contribution in [3.63, 3.8) is 0 Å². The van der Waals surface area contributed by atoms with Gasteiger partial charge in [0.15, 0.2) is 0 Å². The van der Waals surface area contributed by atoms with E-state index in [1.807, 2.05) is 0 Å². The molecule has 0 fully saturated rings. The van der Waals surface area contributed by atoms with Gasteiger partial charge in [-0.05, 0) is 12.1 Å². The first kappa shape index (κ1) is 15.2. The first-order valence-electron chi connectivity index (χ1n) is 7.23. The zero-order valence-corrected chi connectivity index (χ0v) is 12.6. The van der Waals surface area contributed by atoms with Gasteiger partial charge < -0.3 is 10.2 Å². The highest BCUT2D eigenvalue weighted by Gasteiger charge is 2.23. The highest BCUT2D eigenvalue weighted by molar-refractivity contribution is 5.93. The van der Waals surface area contributed by atoms with Crippen LogP contribution in [0.1, 0.15) is 16.1 Å². The fourth-order valence-electron chi connectivity index (χ4n) is 2.37. The summed E-state index contributed by atoms with van der Waals surface area (Å²) in [5, 5.41) is 7.36. The predicted octanol–water partition coefficient (Wildman–Crippen LogP) is 2.37. The van der Waals surface area contributed by atoms with Crippen molar-refractivity contribution in [3.05, 3.63) is 53.2 Å². The Bertz CT molecular complexity index is 769. The van der Waals surface area contributed by atoms with Crippen molar-refractivity contribution < 1.29 is 13.6 Å². The Morgan fingerprint density at radius 1 is 1.30 bits per heavy atom. The molecule has 0 saturated carbocycles. The van der Waals surface area contributed by atoms with Crippen LogP contribution in [0.25, 0.3) is 6.08 Å². The normalized spacial score (nSPS) is 14.4. The lowest BCUT2D eigenvalue weighted by Crippen LogP contribution is -2.37. The summed E-state index contributed by atoms with van der Waals surface area (Å²) in [7, 11) is 1.76. The van der Waals surface area contributed by atoms with Gasteiger partial charge in [-0.2, -0.15) is 5.10 Å². The van der Waals surface area contributed by atoms with Crippen LogP contribution in [0.5, 0.6) is 0 Å².